The lowest BCUT2D eigenvalue weighted by Gasteiger charge is -2.09. The van der Waals surface area contributed by atoms with E-state index in [-0.39, 0.29) is 0 Å². The van der Waals surface area contributed by atoms with Crippen LogP contribution in [0.5, 0.6) is 0 Å². The second kappa shape index (κ2) is 9.97. The van der Waals surface area contributed by atoms with Gasteiger partial charge in [-0.05, 0) is 31.4 Å². The van der Waals surface area contributed by atoms with Crippen LogP contribution in [-0.4, -0.2) is 39.8 Å². The lowest BCUT2D eigenvalue weighted by atomic mass is 10.1. The summed E-state index contributed by atoms with van der Waals surface area (Å²) in [6, 6.07) is 5.98. The molecule has 0 amide bonds. The third kappa shape index (κ3) is 6.62. The minimum Gasteiger partial charge on any atom is -0.370 e. The van der Waals surface area contributed by atoms with Gasteiger partial charge in [0.15, 0.2) is 5.96 Å². The summed E-state index contributed by atoms with van der Waals surface area (Å²) in [5, 5.41) is 3.16. The van der Waals surface area contributed by atoms with Crippen LogP contribution in [0.3, 0.4) is 0 Å². The molecule has 0 saturated carbocycles. The van der Waals surface area contributed by atoms with Gasteiger partial charge in [-0.3, -0.25) is 9.98 Å². The molecule has 0 aromatic carbocycles. The third-order valence-corrected chi connectivity index (χ3v) is 4.57. The molecule has 7 heteroatoms. The highest BCUT2D eigenvalue weighted by atomic mass is 32.2. The molecule has 0 radical (unpaired) electrons. The number of nitrogens with two attached hydrogens (primary N) is 1. The highest BCUT2D eigenvalue weighted by molar-refractivity contribution is 7.98. The number of aromatic nitrogens is 3. The number of hydrogen-bond donors (Lipinski definition) is 3. The Morgan fingerprint density at radius 2 is 2.29 bits per heavy atom. The van der Waals surface area contributed by atoms with Crippen molar-refractivity contribution in [2.24, 2.45) is 16.6 Å². The number of pyridine rings is 1. The van der Waals surface area contributed by atoms with Crippen LogP contribution in [0, 0.1) is 12.8 Å². The van der Waals surface area contributed by atoms with Gasteiger partial charge in [0, 0.05) is 36.5 Å². The molecule has 0 spiro atoms. The van der Waals surface area contributed by atoms with Crippen LogP contribution in [0.2, 0.25) is 0 Å². The number of aromatic amines is 1. The van der Waals surface area contributed by atoms with E-state index in [0.717, 1.165) is 41.6 Å². The van der Waals surface area contributed by atoms with Gasteiger partial charge in [0.05, 0.1) is 17.7 Å². The van der Waals surface area contributed by atoms with Gasteiger partial charge in [-0.2, -0.15) is 11.8 Å². The van der Waals surface area contributed by atoms with Crippen LogP contribution in [0.4, 0.5) is 0 Å². The maximum absolute atomic E-state index is 5.91. The summed E-state index contributed by atoms with van der Waals surface area (Å²) in [6.45, 7) is 5.70. The fourth-order valence-corrected chi connectivity index (χ4v) is 2.98. The summed E-state index contributed by atoms with van der Waals surface area (Å²) in [7, 11) is 0. The SMILES string of the molecule is Cc1[nH]cnc1CC(C)CN=C(N)NCCSCc1ccccn1. The normalized spacial score (nSPS) is 13.0. The first-order chi connectivity index (χ1) is 11.6. The Labute approximate surface area is 147 Å². The average molecular weight is 347 g/mol. The molecule has 4 N–H and O–H groups in total. The van der Waals surface area contributed by atoms with E-state index < -0.39 is 0 Å². The van der Waals surface area contributed by atoms with Crippen molar-refractivity contribution >= 4 is 17.7 Å². The molecule has 0 saturated heterocycles. The van der Waals surface area contributed by atoms with Crippen LogP contribution in [0.15, 0.2) is 35.7 Å². The van der Waals surface area contributed by atoms with E-state index in [4.69, 9.17) is 5.73 Å². The number of rotatable bonds is 9. The van der Waals surface area contributed by atoms with Crippen LogP contribution in [0.1, 0.15) is 24.0 Å². The molecule has 0 aliphatic carbocycles. The Kier molecular flexibility index (Phi) is 7.61. The molecule has 130 valence electrons. The number of imidazole rings is 1. The third-order valence-electron chi connectivity index (χ3n) is 3.58. The molecule has 2 rings (SSSR count). The van der Waals surface area contributed by atoms with E-state index in [1.165, 1.54) is 0 Å². The van der Waals surface area contributed by atoms with Gasteiger partial charge >= 0.3 is 0 Å². The monoisotopic (exact) mass is 346 g/mol. The standard InChI is InChI=1S/C17H26N6S/c1-13(9-16-14(2)22-12-23-16)10-21-17(18)20-7-8-24-11-15-5-3-4-6-19-15/h3-6,12-13H,7-11H2,1-2H3,(H,22,23)(H3,18,20,21). The molecule has 0 fully saturated rings. The van der Waals surface area contributed by atoms with E-state index in [9.17, 15) is 0 Å². The van der Waals surface area contributed by atoms with Gasteiger partial charge in [0.25, 0.3) is 0 Å². The quantitative estimate of drug-likeness (QED) is 0.367. The number of nitrogens with zero attached hydrogens (tertiary/aromatic N) is 3. The Morgan fingerprint density at radius 1 is 1.42 bits per heavy atom. The van der Waals surface area contributed by atoms with Gasteiger partial charge < -0.3 is 16.0 Å². The molecule has 0 aliphatic rings. The molecule has 2 aromatic rings. The Morgan fingerprint density at radius 3 is 3.00 bits per heavy atom. The predicted octanol–water partition coefficient (Wildman–Crippen LogP) is 2.13. The van der Waals surface area contributed by atoms with Crippen molar-refractivity contribution in [3.05, 3.63) is 47.8 Å². The zero-order valence-electron chi connectivity index (χ0n) is 14.3. The summed E-state index contributed by atoms with van der Waals surface area (Å²) >= 11 is 1.83. The second-order valence-corrected chi connectivity index (χ2v) is 6.92. The van der Waals surface area contributed by atoms with E-state index in [1.54, 1.807) is 6.33 Å². The number of thioether (sulfide) groups is 1. The molecule has 1 unspecified atom stereocenters. The first-order valence-electron chi connectivity index (χ1n) is 8.15. The molecule has 2 heterocycles. The number of nitrogens with one attached hydrogen (secondary N) is 2. The lowest BCUT2D eigenvalue weighted by Crippen LogP contribution is -2.33. The van der Waals surface area contributed by atoms with Crippen molar-refractivity contribution in [1.29, 1.82) is 0 Å². The Balaban J connectivity index is 1.59. The van der Waals surface area contributed by atoms with Gasteiger partial charge in [-0.25, -0.2) is 4.98 Å². The largest absolute Gasteiger partial charge is 0.370 e. The number of H-pyrrole nitrogens is 1. The van der Waals surface area contributed by atoms with Gasteiger partial charge in [-0.1, -0.05) is 13.0 Å². The van der Waals surface area contributed by atoms with Gasteiger partial charge in [-0.15, -0.1) is 0 Å². The molecule has 6 nitrogen and oxygen atoms in total. The van der Waals surface area contributed by atoms with Crippen molar-refractivity contribution < 1.29 is 0 Å². The van der Waals surface area contributed by atoms with Crippen molar-refractivity contribution in [2.45, 2.75) is 26.0 Å². The Hall–Kier alpha value is -2.02. The van der Waals surface area contributed by atoms with Crippen molar-refractivity contribution in [3.8, 4) is 0 Å². The summed E-state index contributed by atoms with van der Waals surface area (Å²) < 4.78 is 0. The molecule has 24 heavy (non-hydrogen) atoms. The van der Waals surface area contributed by atoms with Gasteiger partial charge in [0.2, 0.25) is 0 Å². The predicted molar refractivity (Wildman–Crippen MR) is 101 cm³/mol. The van der Waals surface area contributed by atoms with Crippen molar-refractivity contribution in [3.63, 3.8) is 0 Å². The summed E-state index contributed by atoms with van der Waals surface area (Å²) in [5.74, 6) is 2.80. The fourth-order valence-electron chi connectivity index (χ4n) is 2.21. The molecule has 1 atom stereocenters. The van der Waals surface area contributed by atoms with Crippen molar-refractivity contribution in [1.82, 2.24) is 20.3 Å². The van der Waals surface area contributed by atoms with Crippen LogP contribution >= 0.6 is 11.8 Å². The first kappa shape index (κ1) is 18.3. The number of aliphatic imine (C=N–C) groups is 1. The minimum atomic E-state index is 0.408. The smallest absolute Gasteiger partial charge is 0.188 e. The zero-order chi connectivity index (χ0) is 17.2. The summed E-state index contributed by atoms with van der Waals surface area (Å²) in [4.78, 5) is 16.1. The van der Waals surface area contributed by atoms with Crippen LogP contribution in [-0.2, 0) is 12.2 Å². The molecular formula is C17H26N6S. The van der Waals surface area contributed by atoms with Gasteiger partial charge in [0.1, 0.15) is 0 Å². The fraction of sp³-hybridized carbons (Fsp3) is 0.471. The number of hydrogen-bond acceptors (Lipinski definition) is 4. The molecule has 0 aliphatic heterocycles. The van der Waals surface area contributed by atoms with E-state index in [1.807, 2.05) is 43.1 Å². The average Bonchev–Trinajstić information content (AvgIpc) is 2.98. The first-order valence-corrected chi connectivity index (χ1v) is 9.31. The van der Waals surface area contributed by atoms with E-state index >= 15 is 0 Å². The maximum atomic E-state index is 5.91. The summed E-state index contributed by atoms with van der Waals surface area (Å²) in [6.07, 6.45) is 4.47. The zero-order valence-corrected chi connectivity index (χ0v) is 15.1. The second-order valence-electron chi connectivity index (χ2n) is 5.81. The maximum Gasteiger partial charge on any atom is 0.188 e. The van der Waals surface area contributed by atoms with E-state index in [0.29, 0.717) is 18.4 Å². The number of aryl methyl sites for hydroxylation is 1. The Bertz CT molecular complexity index is 625. The highest BCUT2D eigenvalue weighted by Crippen LogP contribution is 2.09. The van der Waals surface area contributed by atoms with E-state index in [2.05, 4.69) is 32.2 Å². The topological polar surface area (TPSA) is 92.0 Å². The molecular weight excluding hydrogens is 320 g/mol. The highest BCUT2D eigenvalue weighted by Gasteiger charge is 2.07. The molecule has 0 bridgehead atoms. The number of guanidine groups is 1. The lowest BCUT2D eigenvalue weighted by molar-refractivity contribution is 0.583. The van der Waals surface area contributed by atoms with Crippen molar-refractivity contribution in [2.75, 3.05) is 18.8 Å². The molecule has 2 aromatic heterocycles. The summed E-state index contributed by atoms with van der Waals surface area (Å²) in [5.41, 5.74) is 9.25. The van der Waals surface area contributed by atoms with Crippen LogP contribution < -0.4 is 11.1 Å². The van der Waals surface area contributed by atoms with Crippen LogP contribution in [0.25, 0.3) is 0 Å². The minimum absolute atomic E-state index is 0.408.